The molecule has 0 heterocycles. The Kier molecular flexibility index (Phi) is 5.16. The van der Waals surface area contributed by atoms with Crippen molar-refractivity contribution in [2.45, 2.75) is 6.92 Å². The molecule has 1 N–H and O–H groups in total. The fourth-order valence-corrected chi connectivity index (χ4v) is 2.32. The summed E-state index contributed by atoms with van der Waals surface area (Å²) in [7, 11) is 0. The topological polar surface area (TPSA) is 72.8 Å². The van der Waals surface area contributed by atoms with Gasteiger partial charge in [0.25, 0.3) is 0 Å². The van der Waals surface area contributed by atoms with Gasteiger partial charge < -0.3 is 14.6 Å². The van der Waals surface area contributed by atoms with Crippen LogP contribution in [0.5, 0.6) is 11.5 Å². The van der Waals surface area contributed by atoms with Crippen molar-refractivity contribution in [2.75, 3.05) is 6.61 Å². The quantitative estimate of drug-likeness (QED) is 0.649. The van der Waals surface area contributed by atoms with Crippen LogP contribution < -0.4 is 9.47 Å². The van der Waals surface area contributed by atoms with Gasteiger partial charge in [-0.25, -0.2) is 9.59 Å². The number of hydrogen-bond acceptors (Lipinski definition) is 4. The van der Waals surface area contributed by atoms with Crippen LogP contribution in [0, 0.1) is 6.92 Å². The Morgan fingerprint density at radius 3 is 2.64 bits per heavy atom. The molecule has 0 atom stereocenters. The largest absolute Gasteiger partial charge is 0.481 e. The first-order valence-corrected chi connectivity index (χ1v) is 7.18. The Hall–Kier alpha value is -2.34. The lowest BCUT2D eigenvalue weighted by Gasteiger charge is -2.09. The molecular weight excluding hydrogens is 352 g/mol. The molecule has 0 aliphatic rings. The van der Waals surface area contributed by atoms with Gasteiger partial charge in [-0.05, 0) is 58.7 Å². The van der Waals surface area contributed by atoms with Crippen LogP contribution >= 0.6 is 15.9 Å². The zero-order valence-electron chi connectivity index (χ0n) is 11.7. The predicted octanol–water partition coefficient (Wildman–Crippen LogP) is 3.44. The van der Waals surface area contributed by atoms with Gasteiger partial charge in [-0.1, -0.05) is 12.1 Å². The SMILES string of the molecule is Cc1ccc(OCC(=O)Oc2cccc(C(=O)O)c2)c(Br)c1. The minimum Gasteiger partial charge on any atom is -0.481 e. The first kappa shape index (κ1) is 16.0. The minimum absolute atomic E-state index is 0.0486. The monoisotopic (exact) mass is 364 g/mol. The first-order chi connectivity index (χ1) is 10.5. The van der Waals surface area contributed by atoms with Gasteiger partial charge in [0.2, 0.25) is 0 Å². The number of benzene rings is 2. The second-order valence-electron chi connectivity index (χ2n) is 4.53. The number of aromatic carboxylic acids is 1. The molecule has 0 spiro atoms. The third kappa shape index (κ3) is 4.33. The molecule has 22 heavy (non-hydrogen) atoms. The van der Waals surface area contributed by atoms with Crippen LogP contribution in [0.3, 0.4) is 0 Å². The molecule has 2 aromatic rings. The Morgan fingerprint density at radius 1 is 1.18 bits per heavy atom. The van der Waals surface area contributed by atoms with Gasteiger partial charge in [0.05, 0.1) is 10.0 Å². The smallest absolute Gasteiger partial charge is 0.349 e. The zero-order chi connectivity index (χ0) is 16.1. The van der Waals surface area contributed by atoms with E-state index in [-0.39, 0.29) is 17.9 Å². The molecule has 0 bridgehead atoms. The molecule has 0 aliphatic carbocycles. The Labute approximate surface area is 135 Å². The molecule has 5 nitrogen and oxygen atoms in total. The van der Waals surface area contributed by atoms with Crippen LogP contribution in [-0.4, -0.2) is 23.7 Å². The Balaban J connectivity index is 1.95. The standard InChI is InChI=1S/C16H13BrO5/c1-10-5-6-14(13(17)7-10)21-9-15(18)22-12-4-2-3-11(8-12)16(19)20/h2-8H,9H2,1H3,(H,19,20). The number of aryl methyl sites for hydroxylation is 1. The molecule has 0 fully saturated rings. The number of carbonyl (C=O) groups is 2. The van der Waals surface area contributed by atoms with Crippen molar-refractivity contribution in [3.63, 3.8) is 0 Å². The summed E-state index contributed by atoms with van der Waals surface area (Å²) in [6.07, 6.45) is 0. The molecule has 0 unspecified atom stereocenters. The second-order valence-corrected chi connectivity index (χ2v) is 5.38. The van der Waals surface area contributed by atoms with Gasteiger partial charge in [-0.2, -0.15) is 0 Å². The molecular formula is C16H13BrO5. The number of hydrogen-bond donors (Lipinski definition) is 1. The van der Waals surface area contributed by atoms with E-state index in [1.54, 1.807) is 6.07 Å². The van der Waals surface area contributed by atoms with Crippen molar-refractivity contribution in [1.82, 2.24) is 0 Å². The lowest BCUT2D eigenvalue weighted by Crippen LogP contribution is -2.18. The zero-order valence-corrected chi connectivity index (χ0v) is 13.3. The number of carboxylic acid groups (broad SMARTS) is 1. The summed E-state index contributed by atoms with van der Waals surface area (Å²) in [6.45, 7) is 1.66. The summed E-state index contributed by atoms with van der Waals surface area (Å²) >= 11 is 3.35. The van der Waals surface area contributed by atoms with E-state index in [1.807, 2.05) is 19.1 Å². The van der Waals surface area contributed by atoms with Crippen LogP contribution in [-0.2, 0) is 4.79 Å². The third-order valence-corrected chi connectivity index (χ3v) is 3.37. The number of esters is 1. The Bertz CT molecular complexity index is 711. The molecule has 6 heteroatoms. The van der Waals surface area contributed by atoms with Gasteiger partial charge in [0, 0.05) is 0 Å². The van der Waals surface area contributed by atoms with Crippen molar-refractivity contribution in [3.8, 4) is 11.5 Å². The maximum Gasteiger partial charge on any atom is 0.349 e. The number of carboxylic acids is 1. The summed E-state index contributed by atoms with van der Waals surface area (Å²) < 4.78 is 11.2. The molecule has 0 radical (unpaired) electrons. The van der Waals surface area contributed by atoms with Gasteiger partial charge in [-0.15, -0.1) is 0 Å². The maximum absolute atomic E-state index is 11.7. The van der Waals surface area contributed by atoms with Gasteiger partial charge in [-0.3, -0.25) is 0 Å². The highest BCUT2D eigenvalue weighted by molar-refractivity contribution is 9.10. The highest BCUT2D eigenvalue weighted by Crippen LogP contribution is 2.25. The van der Waals surface area contributed by atoms with Crippen molar-refractivity contribution in [3.05, 3.63) is 58.1 Å². The molecule has 2 aromatic carbocycles. The fourth-order valence-electron chi connectivity index (χ4n) is 1.71. The van der Waals surface area contributed by atoms with E-state index < -0.39 is 11.9 Å². The fraction of sp³-hybridized carbons (Fsp3) is 0.125. The summed E-state index contributed by atoms with van der Waals surface area (Å²) in [6, 6.07) is 11.2. The normalized spacial score (nSPS) is 10.1. The van der Waals surface area contributed by atoms with Crippen LogP contribution in [0.2, 0.25) is 0 Å². The number of halogens is 1. The molecule has 0 aliphatic heterocycles. The average molecular weight is 365 g/mol. The van der Waals surface area contributed by atoms with Crippen LogP contribution in [0.25, 0.3) is 0 Å². The van der Waals surface area contributed by atoms with Gasteiger partial charge in [0.1, 0.15) is 11.5 Å². The van der Waals surface area contributed by atoms with Gasteiger partial charge in [0.15, 0.2) is 6.61 Å². The van der Waals surface area contributed by atoms with Crippen molar-refractivity contribution in [1.29, 1.82) is 0 Å². The van der Waals surface area contributed by atoms with E-state index in [1.165, 1.54) is 24.3 Å². The van der Waals surface area contributed by atoms with E-state index in [0.29, 0.717) is 5.75 Å². The van der Waals surface area contributed by atoms with Crippen LogP contribution in [0.1, 0.15) is 15.9 Å². The van der Waals surface area contributed by atoms with E-state index in [0.717, 1.165) is 10.0 Å². The molecule has 0 saturated carbocycles. The predicted molar refractivity (Wildman–Crippen MR) is 83.4 cm³/mol. The maximum atomic E-state index is 11.7. The summed E-state index contributed by atoms with van der Waals surface area (Å²) in [5.41, 5.74) is 1.11. The van der Waals surface area contributed by atoms with E-state index in [9.17, 15) is 9.59 Å². The second kappa shape index (κ2) is 7.09. The Morgan fingerprint density at radius 2 is 1.95 bits per heavy atom. The third-order valence-electron chi connectivity index (χ3n) is 2.75. The first-order valence-electron chi connectivity index (χ1n) is 6.38. The molecule has 0 amide bonds. The number of ether oxygens (including phenoxy) is 2. The van der Waals surface area contributed by atoms with E-state index in [4.69, 9.17) is 14.6 Å². The van der Waals surface area contributed by atoms with E-state index >= 15 is 0 Å². The summed E-state index contributed by atoms with van der Waals surface area (Å²) in [5, 5.41) is 8.88. The summed E-state index contributed by atoms with van der Waals surface area (Å²) in [5.74, 6) is -1.01. The molecule has 0 aromatic heterocycles. The van der Waals surface area contributed by atoms with Crippen molar-refractivity contribution >= 4 is 27.9 Å². The van der Waals surface area contributed by atoms with Crippen molar-refractivity contribution < 1.29 is 24.2 Å². The molecule has 2 rings (SSSR count). The minimum atomic E-state index is -1.09. The lowest BCUT2D eigenvalue weighted by atomic mass is 10.2. The highest BCUT2D eigenvalue weighted by Gasteiger charge is 2.10. The molecule has 0 saturated heterocycles. The van der Waals surface area contributed by atoms with Crippen LogP contribution in [0.15, 0.2) is 46.9 Å². The highest BCUT2D eigenvalue weighted by atomic mass is 79.9. The lowest BCUT2D eigenvalue weighted by molar-refractivity contribution is -0.136. The van der Waals surface area contributed by atoms with E-state index in [2.05, 4.69) is 15.9 Å². The summed E-state index contributed by atoms with van der Waals surface area (Å²) in [4.78, 5) is 22.6. The van der Waals surface area contributed by atoms with Crippen LogP contribution in [0.4, 0.5) is 0 Å². The van der Waals surface area contributed by atoms with Crippen molar-refractivity contribution in [2.24, 2.45) is 0 Å². The number of rotatable bonds is 5. The average Bonchev–Trinajstić information content (AvgIpc) is 2.46. The number of carbonyl (C=O) groups excluding carboxylic acids is 1. The molecule has 114 valence electrons. The van der Waals surface area contributed by atoms with Gasteiger partial charge >= 0.3 is 11.9 Å².